The lowest BCUT2D eigenvalue weighted by Crippen LogP contribution is -2.25. The van der Waals surface area contributed by atoms with Crippen molar-refractivity contribution in [2.45, 2.75) is 12.9 Å². The van der Waals surface area contributed by atoms with E-state index in [1.807, 2.05) is 0 Å². The molecule has 1 aromatic carbocycles. The van der Waals surface area contributed by atoms with Crippen LogP contribution in [-0.4, -0.2) is 17.3 Å². The van der Waals surface area contributed by atoms with Gasteiger partial charge in [0, 0.05) is 23.3 Å². The standard InChI is InChI=1S/C14H10ClF3N2O2/c15-10-5-6-19-11(7-10)13(21)20-8-9-3-1-2-4-12(9)22-14(16,17)18/h1-7H,8H2,(H,20,21). The van der Waals surface area contributed by atoms with E-state index in [0.717, 1.165) is 0 Å². The summed E-state index contributed by atoms with van der Waals surface area (Å²) >= 11 is 5.74. The third-order valence-corrected chi connectivity index (χ3v) is 2.83. The molecule has 0 aliphatic heterocycles. The molecule has 2 aromatic rings. The summed E-state index contributed by atoms with van der Waals surface area (Å²) < 4.78 is 40.8. The number of benzene rings is 1. The number of nitrogens with zero attached hydrogens (tertiary/aromatic N) is 1. The summed E-state index contributed by atoms with van der Waals surface area (Å²) in [6, 6.07) is 8.41. The van der Waals surface area contributed by atoms with E-state index >= 15 is 0 Å². The maximum atomic E-state index is 12.3. The van der Waals surface area contributed by atoms with Gasteiger partial charge in [-0.1, -0.05) is 29.8 Å². The van der Waals surface area contributed by atoms with Crippen molar-refractivity contribution in [3.8, 4) is 5.75 Å². The van der Waals surface area contributed by atoms with E-state index in [1.165, 1.54) is 36.5 Å². The van der Waals surface area contributed by atoms with Crippen LogP contribution >= 0.6 is 11.6 Å². The number of carbonyl (C=O) groups excluding carboxylic acids is 1. The Morgan fingerprint density at radius 1 is 1.27 bits per heavy atom. The second-order valence-electron chi connectivity index (χ2n) is 4.20. The Balaban J connectivity index is 2.07. The van der Waals surface area contributed by atoms with E-state index in [-0.39, 0.29) is 23.6 Å². The highest BCUT2D eigenvalue weighted by Gasteiger charge is 2.31. The molecular weight excluding hydrogens is 321 g/mol. The third-order valence-electron chi connectivity index (χ3n) is 2.59. The first-order valence-corrected chi connectivity index (χ1v) is 6.46. The van der Waals surface area contributed by atoms with Crippen molar-refractivity contribution < 1.29 is 22.7 Å². The largest absolute Gasteiger partial charge is 0.573 e. The van der Waals surface area contributed by atoms with E-state index in [1.54, 1.807) is 6.07 Å². The minimum atomic E-state index is -4.80. The van der Waals surface area contributed by atoms with Gasteiger partial charge < -0.3 is 10.1 Å². The first-order valence-electron chi connectivity index (χ1n) is 6.08. The molecule has 4 nitrogen and oxygen atoms in total. The van der Waals surface area contributed by atoms with Crippen molar-refractivity contribution in [2.75, 3.05) is 0 Å². The summed E-state index contributed by atoms with van der Waals surface area (Å²) in [6.45, 7) is -0.140. The van der Waals surface area contributed by atoms with Gasteiger partial charge >= 0.3 is 6.36 Å². The topological polar surface area (TPSA) is 51.2 Å². The Morgan fingerprint density at radius 2 is 2.00 bits per heavy atom. The van der Waals surface area contributed by atoms with Gasteiger partial charge in [-0.2, -0.15) is 0 Å². The van der Waals surface area contributed by atoms with Crippen LogP contribution in [0.4, 0.5) is 13.2 Å². The molecule has 0 saturated heterocycles. The fraction of sp³-hybridized carbons (Fsp3) is 0.143. The fourth-order valence-corrected chi connectivity index (χ4v) is 1.83. The predicted molar refractivity (Wildman–Crippen MR) is 73.5 cm³/mol. The molecule has 0 radical (unpaired) electrons. The van der Waals surface area contributed by atoms with E-state index in [9.17, 15) is 18.0 Å². The molecule has 0 saturated carbocycles. The number of hydrogen-bond acceptors (Lipinski definition) is 3. The van der Waals surface area contributed by atoms with Gasteiger partial charge in [-0.3, -0.25) is 9.78 Å². The molecule has 0 atom stereocenters. The molecule has 8 heteroatoms. The van der Waals surface area contributed by atoms with Crippen LogP contribution in [0.15, 0.2) is 42.6 Å². The maximum Gasteiger partial charge on any atom is 0.573 e. The Morgan fingerprint density at radius 3 is 2.68 bits per heavy atom. The first-order chi connectivity index (χ1) is 10.3. The van der Waals surface area contributed by atoms with E-state index in [2.05, 4.69) is 15.0 Å². The lowest BCUT2D eigenvalue weighted by molar-refractivity contribution is -0.274. The fourth-order valence-electron chi connectivity index (χ4n) is 1.67. The average molecular weight is 331 g/mol. The number of halogens is 4. The Kier molecular flexibility index (Phi) is 4.87. The zero-order valence-corrected chi connectivity index (χ0v) is 11.8. The van der Waals surface area contributed by atoms with Crippen LogP contribution in [0, 0.1) is 0 Å². The number of pyridine rings is 1. The number of para-hydroxylation sites is 1. The van der Waals surface area contributed by atoms with Gasteiger partial charge in [0.1, 0.15) is 11.4 Å². The van der Waals surface area contributed by atoms with Gasteiger partial charge in [0.15, 0.2) is 0 Å². The van der Waals surface area contributed by atoms with E-state index < -0.39 is 12.3 Å². The summed E-state index contributed by atoms with van der Waals surface area (Å²) in [4.78, 5) is 15.7. The third kappa shape index (κ3) is 4.63. The van der Waals surface area contributed by atoms with Gasteiger partial charge in [-0.25, -0.2) is 0 Å². The lowest BCUT2D eigenvalue weighted by Gasteiger charge is -2.13. The molecule has 22 heavy (non-hydrogen) atoms. The molecule has 0 spiro atoms. The highest BCUT2D eigenvalue weighted by molar-refractivity contribution is 6.30. The van der Waals surface area contributed by atoms with Gasteiger partial charge in [-0.15, -0.1) is 13.2 Å². The number of nitrogens with one attached hydrogen (secondary N) is 1. The summed E-state index contributed by atoms with van der Waals surface area (Å²) in [5.41, 5.74) is 0.261. The van der Waals surface area contributed by atoms with Gasteiger partial charge in [0.2, 0.25) is 0 Å². The summed E-state index contributed by atoms with van der Waals surface area (Å²) in [5, 5.41) is 2.80. The number of aromatic nitrogens is 1. The van der Waals surface area contributed by atoms with Crippen LogP contribution in [0.3, 0.4) is 0 Å². The van der Waals surface area contributed by atoms with Crippen LogP contribution < -0.4 is 10.1 Å². The van der Waals surface area contributed by atoms with Crippen molar-refractivity contribution in [1.29, 1.82) is 0 Å². The lowest BCUT2D eigenvalue weighted by atomic mass is 10.2. The summed E-state index contributed by atoms with van der Waals surface area (Å²) in [5.74, 6) is -0.918. The predicted octanol–water partition coefficient (Wildman–Crippen LogP) is 3.56. The van der Waals surface area contributed by atoms with Gasteiger partial charge in [0.25, 0.3) is 5.91 Å². The molecule has 1 aromatic heterocycles. The second kappa shape index (κ2) is 6.65. The van der Waals surface area contributed by atoms with Gasteiger partial charge in [0.05, 0.1) is 0 Å². The summed E-state index contributed by atoms with van der Waals surface area (Å²) in [6.07, 6.45) is -3.44. The van der Waals surface area contributed by atoms with Crippen molar-refractivity contribution in [2.24, 2.45) is 0 Å². The molecule has 116 valence electrons. The minimum Gasteiger partial charge on any atom is -0.405 e. The van der Waals surface area contributed by atoms with Crippen LogP contribution in [0.5, 0.6) is 5.75 Å². The minimum absolute atomic E-state index is 0.0710. The van der Waals surface area contributed by atoms with E-state index in [0.29, 0.717) is 5.02 Å². The molecule has 0 unspecified atom stereocenters. The molecule has 1 amide bonds. The monoisotopic (exact) mass is 330 g/mol. The van der Waals surface area contributed by atoms with Crippen LogP contribution in [-0.2, 0) is 6.54 Å². The van der Waals surface area contributed by atoms with Crippen molar-refractivity contribution in [3.05, 3.63) is 58.9 Å². The normalized spacial score (nSPS) is 11.1. The van der Waals surface area contributed by atoms with Crippen molar-refractivity contribution >= 4 is 17.5 Å². The first kappa shape index (κ1) is 16.1. The number of rotatable bonds is 4. The number of carbonyl (C=O) groups is 1. The molecule has 0 aliphatic rings. The molecule has 1 N–H and O–H groups in total. The number of amides is 1. The van der Waals surface area contributed by atoms with E-state index in [4.69, 9.17) is 11.6 Å². The smallest absolute Gasteiger partial charge is 0.405 e. The van der Waals surface area contributed by atoms with Crippen molar-refractivity contribution in [3.63, 3.8) is 0 Å². The van der Waals surface area contributed by atoms with Gasteiger partial charge in [-0.05, 0) is 18.2 Å². The van der Waals surface area contributed by atoms with Crippen LogP contribution in [0.2, 0.25) is 5.02 Å². The summed E-state index contributed by atoms with van der Waals surface area (Å²) in [7, 11) is 0. The zero-order chi connectivity index (χ0) is 16.2. The number of hydrogen-bond donors (Lipinski definition) is 1. The molecular formula is C14H10ClF3N2O2. The molecule has 1 heterocycles. The molecule has 0 fully saturated rings. The highest BCUT2D eigenvalue weighted by Crippen LogP contribution is 2.26. The van der Waals surface area contributed by atoms with Crippen LogP contribution in [0.1, 0.15) is 16.1 Å². The molecule has 2 rings (SSSR count). The highest BCUT2D eigenvalue weighted by atomic mass is 35.5. The Labute approximate surface area is 128 Å². The second-order valence-corrected chi connectivity index (χ2v) is 4.63. The SMILES string of the molecule is O=C(NCc1ccccc1OC(F)(F)F)c1cc(Cl)ccn1. The average Bonchev–Trinajstić information content (AvgIpc) is 2.44. The van der Waals surface area contributed by atoms with Crippen LogP contribution in [0.25, 0.3) is 0 Å². The maximum absolute atomic E-state index is 12.3. The van der Waals surface area contributed by atoms with Crippen molar-refractivity contribution in [1.82, 2.24) is 10.3 Å². The molecule has 0 bridgehead atoms. The Bertz CT molecular complexity index is 677. The zero-order valence-electron chi connectivity index (χ0n) is 11.0. The number of alkyl halides is 3. The quantitative estimate of drug-likeness (QED) is 0.932. The molecule has 0 aliphatic carbocycles. The number of ether oxygens (including phenoxy) is 1. The Hall–Kier alpha value is -2.28.